The van der Waals surface area contributed by atoms with Crippen LogP contribution in [0, 0.1) is 5.82 Å². The summed E-state index contributed by atoms with van der Waals surface area (Å²) in [5.74, 6) is -0.834. The number of nitrogens with one attached hydrogen (secondary N) is 1. The summed E-state index contributed by atoms with van der Waals surface area (Å²) in [4.78, 5) is 14.1. The minimum Gasteiger partial charge on any atom is -0.369 e. The van der Waals surface area contributed by atoms with Gasteiger partial charge in [0.1, 0.15) is 5.82 Å². The van der Waals surface area contributed by atoms with E-state index in [0.717, 1.165) is 5.69 Å². The highest BCUT2D eigenvalue weighted by Gasteiger charge is 2.27. The molecule has 0 bridgehead atoms. The van der Waals surface area contributed by atoms with Crippen LogP contribution in [0.2, 0.25) is 5.02 Å². The van der Waals surface area contributed by atoms with Gasteiger partial charge < -0.3 is 10.2 Å². The van der Waals surface area contributed by atoms with Gasteiger partial charge in [0.15, 0.2) is 0 Å². The summed E-state index contributed by atoms with van der Waals surface area (Å²) in [6, 6.07) is 12.6. The van der Waals surface area contributed by atoms with Crippen molar-refractivity contribution in [1.82, 2.24) is 9.62 Å². The lowest BCUT2D eigenvalue weighted by atomic mass is 10.2. The standard InChI is InChI=1S/C19H21ClFN3O3S/c20-16-3-1-2-15(14-16)19(25)22-8-13-28(26,27)24-11-9-23(10-12-24)18-6-4-17(21)5-7-18/h1-7,14H,8-13H2,(H,22,25). The highest BCUT2D eigenvalue weighted by molar-refractivity contribution is 7.89. The number of carbonyl (C=O) groups excluding carboxylic acids is 1. The summed E-state index contributed by atoms with van der Waals surface area (Å²) < 4.78 is 39.5. The van der Waals surface area contributed by atoms with Crippen molar-refractivity contribution in [2.45, 2.75) is 0 Å². The number of anilines is 1. The lowest BCUT2D eigenvalue weighted by Gasteiger charge is -2.35. The molecule has 3 rings (SSSR count). The Bertz CT molecular complexity index is 930. The molecule has 0 saturated carbocycles. The fraction of sp³-hybridized carbons (Fsp3) is 0.316. The van der Waals surface area contributed by atoms with Gasteiger partial charge in [0.25, 0.3) is 5.91 Å². The molecule has 1 N–H and O–H groups in total. The van der Waals surface area contributed by atoms with E-state index in [4.69, 9.17) is 11.6 Å². The van der Waals surface area contributed by atoms with Crippen LogP contribution in [0.25, 0.3) is 0 Å². The summed E-state index contributed by atoms with van der Waals surface area (Å²) >= 11 is 5.86. The maximum absolute atomic E-state index is 13.0. The van der Waals surface area contributed by atoms with Gasteiger partial charge in [-0.2, -0.15) is 4.31 Å². The van der Waals surface area contributed by atoms with Crippen LogP contribution in [-0.4, -0.2) is 57.1 Å². The van der Waals surface area contributed by atoms with Gasteiger partial charge in [-0.25, -0.2) is 12.8 Å². The first kappa shape index (κ1) is 20.6. The number of sulfonamides is 1. The first-order valence-electron chi connectivity index (χ1n) is 8.87. The second kappa shape index (κ2) is 8.89. The molecule has 28 heavy (non-hydrogen) atoms. The lowest BCUT2D eigenvalue weighted by Crippen LogP contribution is -2.50. The molecular formula is C19H21ClFN3O3S. The topological polar surface area (TPSA) is 69.7 Å². The summed E-state index contributed by atoms with van der Waals surface area (Å²) in [6.07, 6.45) is 0. The Hall–Kier alpha value is -2.16. The highest BCUT2D eigenvalue weighted by atomic mass is 35.5. The van der Waals surface area contributed by atoms with Crippen LogP contribution in [0.15, 0.2) is 48.5 Å². The number of hydrogen-bond acceptors (Lipinski definition) is 4. The molecule has 1 amide bonds. The van der Waals surface area contributed by atoms with E-state index in [9.17, 15) is 17.6 Å². The van der Waals surface area contributed by atoms with Gasteiger partial charge in [-0.05, 0) is 42.5 Å². The molecule has 1 aliphatic heterocycles. The molecule has 2 aromatic carbocycles. The third-order valence-electron chi connectivity index (χ3n) is 4.56. The van der Waals surface area contributed by atoms with E-state index in [1.54, 1.807) is 30.3 Å². The van der Waals surface area contributed by atoms with E-state index < -0.39 is 10.0 Å². The quantitative estimate of drug-likeness (QED) is 0.771. The molecule has 1 saturated heterocycles. The van der Waals surface area contributed by atoms with Crippen LogP contribution in [0.4, 0.5) is 10.1 Å². The van der Waals surface area contributed by atoms with Gasteiger partial charge in [-0.1, -0.05) is 17.7 Å². The molecule has 1 aliphatic rings. The maximum atomic E-state index is 13.0. The Kier molecular flexibility index (Phi) is 6.53. The average molecular weight is 426 g/mol. The van der Waals surface area contributed by atoms with E-state index >= 15 is 0 Å². The number of carbonyl (C=O) groups is 1. The molecule has 0 radical (unpaired) electrons. The summed E-state index contributed by atoms with van der Waals surface area (Å²) in [5, 5.41) is 3.06. The largest absolute Gasteiger partial charge is 0.369 e. The van der Waals surface area contributed by atoms with Crippen LogP contribution in [0.5, 0.6) is 0 Å². The molecule has 0 unspecified atom stereocenters. The smallest absolute Gasteiger partial charge is 0.251 e. The van der Waals surface area contributed by atoms with Crippen molar-refractivity contribution in [3.63, 3.8) is 0 Å². The van der Waals surface area contributed by atoms with Crippen LogP contribution in [0.1, 0.15) is 10.4 Å². The minimum atomic E-state index is -3.48. The Balaban J connectivity index is 1.49. The van der Waals surface area contributed by atoms with Gasteiger partial charge in [0, 0.05) is 49.0 Å². The van der Waals surface area contributed by atoms with Crippen molar-refractivity contribution in [3.8, 4) is 0 Å². The molecular weight excluding hydrogens is 405 g/mol. The molecule has 150 valence electrons. The highest BCUT2D eigenvalue weighted by Crippen LogP contribution is 2.18. The van der Waals surface area contributed by atoms with E-state index in [0.29, 0.717) is 36.8 Å². The predicted molar refractivity (Wildman–Crippen MR) is 108 cm³/mol. The lowest BCUT2D eigenvalue weighted by molar-refractivity contribution is 0.0956. The third-order valence-corrected chi connectivity index (χ3v) is 6.66. The van der Waals surface area contributed by atoms with Crippen molar-refractivity contribution < 1.29 is 17.6 Å². The Morgan fingerprint density at radius 2 is 1.75 bits per heavy atom. The third kappa shape index (κ3) is 5.21. The molecule has 0 aromatic heterocycles. The second-order valence-electron chi connectivity index (χ2n) is 6.44. The molecule has 6 nitrogen and oxygen atoms in total. The molecule has 0 aliphatic carbocycles. The van der Waals surface area contributed by atoms with E-state index in [2.05, 4.69) is 5.32 Å². The summed E-state index contributed by atoms with van der Waals surface area (Å²) in [6.45, 7) is 1.77. The minimum absolute atomic E-state index is 0.0197. The number of halogens is 2. The molecule has 0 spiro atoms. The number of benzene rings is 2. The maximum Gasteiger partial charge on any atom is 0.251 e. The SMILES string of the molecule is O=C(NCCS(=O)(=O)N1CCN(c2ccc(F)cc2)CC1)c1cccc(Cl)c1. The number of nitrogens with zero attached hydrogens (tertiary/aromatic N) is 2. The first-order chi connectivity index (χ1) is 13.3. The normalized spacial score (nSPS) is 15.4. The van der Waals surface area contributed by atoms with Crippen LogP contribution in [-0.2, 0) is 10.0 Å². The number of hydrogen-bond donors (Lipinski definition) is 1. The zero-order valence-corrected chi connectivity index (χ0v) is 16.7. The second-order valence-corrected chi connectivity index (χ2v) is 8.97. The van der Waals surface area contributed by atoms with Crippen LogP contribution < -0.4 is 10.2 Å². The monoisotopic (exact) mass is 425 g/mol. The van der Waals surface area contributed by atoms with Gasteiger partial charge in [0.2, 0.25) is 10.0 Å². The Morgan fingerprint density at radius 3 is 2.39 bits per heavy atom. The van der Waals surface area contributed by atoms with Crippen LogP contribution >= 0.6 is 11.6 Å². The number of amides is 1. The van der Waals surface area contributed by atoms with Crippen molar-refractivity contribution in [1.29, 1.82) is 0 Å². The molecule has 1 fully saturated rings. The first-order valence-corrected chi connectivity index (χ1v) is 10.9. The van der Waals surface area contributed by atoms with Gasteiger partial charge >= 0.3 is 0 Å². The molecule has 0 atom stereocenters. The van der Waals surface area contributed by atoms with Gasteiger partial charge in [0.05, 0.1) is 5.75 Å². The molecule has 9 heteroatoms. The van der Waals surface area contributed by atoms with Gasteiger partial charge in [-0.15, -0.1) is 0 Å². The zero-order valence-electron chi connectivity index (χ0n) is 15.1. The number of piperazine rings is 1. The fourth-order valence-corrected chi connectivity index (χ4v) is 4.56. The average Bonchev–Trinajstić information content (AvgIpc) is 2.68. The van der Waals surface area contributed by atoms with Gasteiger partial charge in [-0.3, -0.25) is 4.79 Å². The number of rotatable bonds is 6. The van der Waals surface area contributed by atoms with Crippen molar-refractivity contribution in [3.05, 3.63) is 64.9 Å². The summed E-state index contributed by atoms with van der Waals surface area (Å²) in [5.41, 5.74) is 1.25. The van der Waals surface area contributed by atoms with E-state index in [1.165, 1.54) is 22.5 Å². The van der Waals surface area contributed by atoms with E-state index in [1.807, 2.05) is 4.90 Å². The summed E-state index contributed by atoms with van der Waals surface area (Å²) in [7, 11) is -3.48. The molecule has 1 heterocycles. The Morgan fingerprint density at radius 1 is 1.07 bits per heavy atom. The van der Waals surface area contributed by atoms with E-state index in [-0.39, 0.29) is 24.0 Å². The Labute approximate surface area is 168 Å². The molecule has 2 aromatic rings. The zero-order chi connectivity index (χ0) is 20.1. The fourth-order valence-electron chi connectivity index (χ4n) is 3.03. The van der Waals surface area contributed by atoms with Crippen molar-refractivity contribution in [2.75, 3.05) is 43.4 Å². The van der Waals surface area contributed by atoms with Crippen molar-refractivity contribution in [2.24, 2.45) is 0 Å². The van der Waals surface area contributed by atoms with Crippen molar-refractivity contribution >= 4 is 33.2 Å². The van der Waals surface area contributed by atoms with Crippen LogP contribution in [0.3, 0.4) is 0 Å². The predicted octanol–water partition coefficient (Wildman–Crippen LogP) is 2.36.